The molecule has 1 aromatic rings. The largest absolute Gasteiger partial charge is 0.494 e. The summed E-state index contributed by atoms with van der Waals surface area (Å²) in [5.41, 5.74) is 2.47. The van der Waals surface area contributed by atoms with E-state index in [4.69, 9.17) is 4.74 Å². The predicted octanol–water partition coefficient (Wildman–Crippen LogP) is 1.97. The van der Waals surface area contributed by atoms with Crippen molar-refractivity contribution in [1.82, 2.24) is 0 Å². The molecule has 0 spiro atoms. The molecule has 1 N–H and O–H groups in total. The zero-order chi connectivity index (χ0) is 13.1. The number of benzene rings is 1. The molecule has 0 amide bonds. The van der Waals surface area contributed by atoms with Gasteiger partial charge in [-0.25, -0.2) is 0 Å². The number of methoxy groups -OCH3 is 1. The van der Waals surface area contributed by atoms with Crippen molar-refractivity contribution >= 4 is 17.3 Å². The quantitative estimate of drug-likeness (QED) is 0.651. The highest BCUT2D eigenvalue weighted by Gasteiger charge is 2.20. The van der Waals surface area contributed by atoms with Crippen LogP contribution >= 0.6 is 0 Å². The highest BCUT2D eigenvalue weighted by molar-refractivity contribution is 6.46. The summed E-state index contributed by atoms with van der Waals surface area (Å²) < 4.78 is 5.08. The Morgan fingerprint density at radius 2 is 1.61 bits per heavy atom. The van der Waals surface area contributed by atoms with Crippen molar-refractivity contribution < 1.29 is 14.3 Å². The molecule has 0 unspecified atom stereocenters. The standard InChI is InChI=1S/C14H13NO3/c1-9-3-5-10(6-4-9)15-11-7-12(16)13(17)8-14(11)18-2/h3-8,15H,1-2H3. The zero-order valence-electron chi connectivity index (χ0n) is 10.2. The molecule has 0 saturated heterocycles. The predicted molar refractivity (Wildman–Crippen MR) is 68.0 cm³/mol. The van der Waals surface area contributed by atoms with Gasteiger partial charge in [-0.3, -0.25) is 9.59 Å². The van der Waals surface area contributed by atoms with Gasteiger partial charge in [0.15, 0.2) is 0 Å². The molecule has 4 heteroatoms. The third kappa shape index (κ3) is 2.48. The third-order valence-electron chi connectivity index (χ3n) is 2.60. The van der Waals surface area contributed by atoms with Crippen molar-refractivity contribution in [1.29, 1.82) is 0 Å². The second-order valence-electron chi connectivity index (χ2n) is 3.99. The molecular weight excluding hydrogens is 230 g/mol. The average Bonchev–Trinajstić information content (AvgIpc) is 2.36. The topological polar surface area (TPSA) is 55.4 Å². The molecule has 0 heterocycles. The summed E-state index contributed by atoms with van der Waals surface area (Å²) in [5, 5.41) is 3.05. The lowest BCUT2D eigenvalue weighted by molar-refractivity contribution is -0.131. The number of allylic oxidation sites excluding steroid dienone is 2. The van der Waals surface area contributed by atoms with Gasteiger partial charge in [0.05, 0.1) is 12.8 Å². The van der Waals surface area contributed by atoms with Crippen LogP contribution < -0.4 is 5.32 Å². The molecule has 1 aliphatic rings. The number of ketones is 2. The lowest BCUT2D eigenvalue weighted by Crippen LogP contribution is -2.19. The molecule has 0 fully saturated rings. The Kier molecular flexibility index (Phi) is 3.28. The van der Waals surface area contributed by atoms with Gasteiger partial charge in [-0.2, -0.15) is 0 Å². The molecule has 0 radical (unpaired) electrons. The Morgan fingerprint density at radius 1 is 1.00 bits per heavy atom. The molecule has 1 aliphatic carbocycles. The van der Waals surface area contributed by atoms with Gasteiger partial charge in [-0.1, -0.05) is 17.7 Å². The van der Waals surface area contributed by atoms with Gasteiger partial charge in [0, 0.05) is 17.8 Å². The number of anilines is 1. The highest BCUT2D eigenvalue weighted by atomic mass is 16.5. The Labute approximate surface area is 105 Å². The summed E-state index contributed by atoms with van der Waals surface area (Å²) in [5.74, 6) is -0.758. The van der Waals surface area contributed by atoms with Crippen molar-refractivity contribution in [3.05, 3.63) is 53.4 Å². The first kappa shape index (κ1) is 12.1. The van der Waals surface area contributed by atoms with Crippen molar-refractivity contribution in [2.75, 3.05) is 12.4 Å². The summed E-state index contributed by atoms with van der Waals surface area (Å²) in [7, 11) is 1.46. The molecular formula is C14H13NO3. The summed E-state index contributed by atoms with van der Waals surface area (Å²) >= 11 is 0. The number of carbonyl (C=O) groups is 2. The van der Waals surface area contributed by atoms with Crippen LogP contribution in [0.3, 0.4) is 0 Å². The van der Waals surface area contributed by atoms with E-state index in [0.717, 1.165) is 11.3 Å². The van der Waals surface area contributed by atoms with Crippen LogP contribution in [0.25, 0.3) is 0 Å². The van der Waals surface area contributed by atoms with Crippen LogP contribution in [0.1, 0.15) is 5.56 Å². The molecule has 2 rings (SSSR count). The fourth-order valence-electron chi connectivity index (χ4n) is 1.60. The van der Waals surface area contributed by atoms with Gasteiger partial charge >= 0.3 is 0 Å². The number of carbonyl (C=O) groups excluding carboxylic acids is 2. The zero-order valence-corrected chi connectivity index (χ0v) is 10.2. The van der Waals surface area contributed by atoms with E-state index in [1.54, 1.807) is 0 Å². The second kappa shape index (κ2) is 4.87. The van der Waals surface area contributed by atoms with Crippen LogP contribution in [0.4, 0.5) is 5.69 Å². The van der Waals surface area contributed by atoms with E-state index in [2.05, 4.69) is 5.32 Å². The van der Waals surface area contributed by atoms with E-state index in [1.165, 1.54) is 19.3 Å². The van der Waals surface area contributed by atoms with Gasteiger partial charge in [-0.15, -0.1) is 0 Å². The first-order valence-corrected chi connectivity index (χ1v) is 5.50. The highest BCUT2D eigenvalue weighted by Crippen LogP contribution is 2.19. The van der Waals surface area contributed by atoms with Crippen LogP contribution in [0.5, 0.6) is 0 Å². The second-order valence-corrected chi connectivity index (χ2v) is 3.99. The Hall–Kier alpha value is -2.36. The van der Waals surface area contributed by atoms with E-state index < -0.39 is 11.6 Å². The molecule has 0 aromatic heterocycles. The average molecular weight is 243 g/mol. The molecule has 0 saturated carbocycles. The van der Waals surface area contributed by atoms with E-state index >= 15 is 0 Å². The lowest BCUT2D eigenvalue weighted by Gasteiger charge is -2.15. The van der Waals surface area contributed by atoms with Crippen molar-refractivity contribution in [3.8, 4) is 0 Å². The van der Waals surface area contributed by atoms with E-state index in [0.29, 0.717) is 11.5 Å². The summed E-state index contributed by atoms with van der Waals surface area (Å²) in [6.07, 6.45) is 2.44. The summed E-state index contributed by atoms with van der Waals surface area (Å²) in [4.78, 5) is 22.6. The minimum atomic E-state index is -0.568. The summed E-state index contributed by atoms with van der Waals surface area (Å²) in [6, 6.07) is 7.69. The van der Waals surface area contributed by atoms with Gasteiger partial charge in [0.1, 0.15) is 5.76 Å². The number of hydrogen-bond acceptors (Lipinski definition) is 4. The maximum Gasteiger partial charge on any atom is 0.229 e. The van der Waals surface area contributed by atoms with E-state index in [-0.39, 0.29) is 0 Å². The molecule has 4 nitrogen and oxygen atoms in total. The maximum atomic E-state index is 11.3. The minimum absolute atomic E-state index is 0.361. The smallest absolute Gasteiger partial charge is 0.229 e. The molecule has 0 atom stereocenters. The van der Waals surface area contributed by atoms with Crippen molar-refractivity contribution in [3.63, 3.8) is 0 Å². The first-order chi connectivity index (χ1) is 8.60. The minimum Gasteiger partial charge on any atom is -0.494 e. The summed E-state index contributed by atoms with van der Waals surface area (Å²) in [6.45, 7) is 1.99. The Bertz CT molecular complexity index is 553. The van der Waals surface area contributed by atoms with Gasteiger partial charge in [0.25, 0.3) is 0 Å². The number of hydrogen-bond donors (Lipinski definition) is 1. The van der Waals surface area contributed by atoms with Crippen LogP contribution in [-0.2, 0) is 14.3 Å². The number of aryl methyl sites for hydroxylation is 1. The van der Waals surface area contributed by atoms with Gasteiger partial charge in [-0.05, 0) is 19.1 Å². The molecule has 1 aromatic carbocycles. The lowest BCUT2D eigenvalue weighted by atomic mass is 10.1. The fraction of sp³-hybridized carbons (Fsp3) is 0.143. The third-order valence-corrected chi connectivity index (χ3v) is 2.60. The maximum absolute atomic E-state index is 11.3. The van der Waals surface area contributed by atoms with Crippen LogP contribution in [0, 0.1) is 6.92 Å². The Morgan fingerprint density at radius 3 is 2.22 bits per heavy atom. The molecule has 92 valence electrons. The normalized spacial score (nSPS) is 15.0. The van der Waals surface area contributed by atoms with Crippen LogP contribution in [0.2, 0.25) is 0 Å². The SMILES string of the molecule is COC1=CC(=O)C(=O)C=C1Nc1ccc(C)cc1. The van der Waals surface area contributed by atoms with Crippen molar-refractivity contribution in [2.24, 2.45) is 0 Å². The van der Waals surface area contributed by atoms with E-state index in [1.807, 2.05) is 31.2 Å². The Balaban J connectivity index is 2.25. The van der Waals surface area contributed by atoms with Crippen LogP contribution in [0.15, 0.2) is 47.9 Å². The van der Waals surface area contributed by atoms with Crippen LogP contribution in [-0.4, -0.2) is 18.7 Å². The first-order valence-electron chi connectivity index (χ1n) is 5.50. The van der Waals surface area contributed by atoms with Crippen molar-refractivity contribution in [2.45, 2.75) is 6.92 Å². The molecule has 0 aliphatic heterocycles. The fourth-order valence-corrected chi connectivity index (χ4v) is 1.60. The number of nitrogens with one attached hydrogen (secondary N) is 1. The molecule has 0 bridgehead atoms. The van der Waals surface area contributed by atoms with Gasteiger partial charge in [0.2, 0.25) is 11.6 Å². The molecule has 18 heavy (non-hydrogen) atoms. The van der Waals surface area contributed by atoms with Gasteiger partial charge < -0.3 is 10.1 Å². The monoisotopic (exact) mass is 243 g/mol. The number of rotatable bonds is 3. The van der Waals surface area contributed by atoms with E-state index in [9.17, 15) is 9.59 Å². The number of ether oxygens (including phenoxy) is 1.